The van der Waals surface area contributed by atoms with E-state index >= 15 is 0 Å². The predicted molar refractivity (Wildman–Crippen MR) is 65.2 cm³/mol. The zero-order valence-electron chi connectivity index (χ0n) is 10.7. The number of ether oxygens (including phenoxy) is 1. The maximum atomic E-state index is 11.7. The van der Waals surface area contributed by atoms with Crippen LogP contribution < -0.4 is 0 Å². The molecule has 0 saturated heterocycles. The highest BCUT2D eigenvalue weighted by molar-refractivity contribution is 5.86. The number of hydrogen-bond acceptors (Lipinski definition) is 4. The maximum absolute atomic E-state index is 11.7. The highest BCUT2D eigenvalue weighted by Gasteiger charge is 2.20. The number of aromatic nitrogens is 2. The fourth-order valence-electron chi connectivity index (χ4n) is 1.45. The van der Waals surface area contributed by atoms with Crippen LogP contribution in [0.3, 0.4) is 0 Å². The van der Waals surface area contributed by atoms with Crippen molar-refractivity contribution in [2.45, 2.75) is 32.9 Å². The van der Waals surface area contributed by atoms with Gasteiger partial charge in [0.05, 0.1) is 6.54 Å². The van der Waals surface area contributed by atoms with Crippen LogP contribution in [0.1, 0.15) is 37.1 Å². The molecule has 2 heterocycles. The molecule has 0 radical (unpaired) electrons. The van der Waals surface area contributed by atoms with Crippen LogP contribution in [-0.2, 0) is 11.3 Å². The standard InChI is InChI=1S/C13H16N2O3/c1-13(2,3)18-12(16)11-6-5-10(17-11)9-15-8-4-7-14-15/h4-8H,9H2,1-3H3. The molecular weight excluding hydrogens is 232 g/mol. The monoisotopic (exact) mass is 248 g/mol. The van der Waals surface area contributed by atoms with Gasteiger partial charge >= 0.3 is 5.97 Å². The molecule has 0 saturated carbocycles. The number of esters is 1. The van der Waals surface area contributed by atoms with E-state index in [4.69, 9.17) is 9.15 Å². The highest BCUT2D eigenvalue weighted by atomic mass is 16.6. The second kappa shape index (κ2) is 4.68. The second-order valence-electron chi connectivity index (χ2n) is 4.97. The molecule has 0 fully saturated rings. The van der Waals surface area contributed by atoms with E-state index in [2.05, 4.69) is 5.10 Å². The van der Waals surface area contributed by atoms with E-state index in [0.717, 1.165) is 0 Å². The molecule has 0 unspecified atom stereocenters. The molecule has 2 rings (SSSR count). The van der Waals surface area contributed by atoms with Gasteiger partial charge in [0.2, 0.25) is 5.76 Å². The van der Waals surface area contributed by atoms with Crippen molar-refractivity contribution in [1.29, 1.82) is 0 Å². The summed E-state index contributed by atoms with van der Waals surface area (Å²) in [7, 11) is 0. The first-order valence-electron chi connectivity index (χ1n) is 5.73. The van der Waals surface area contributed by atoms with Gasteiger partial charge in [-0.05, 0) is 39.0 Å². The quantitative estimate of drug-likeness (QED) is 0.783. The molecule has 96 valence electrons. The largest absolute Gasteiger partial charge is 0.454 e. The summed E-state index contributed by atoms with van der Waals surface area (Å²) in [5.74, 6) is 0.431. The third kappa shape index (κ3) is 3.23. The Kier molecular flexibility index (Phi) is 3.23. The highest BCUT2D eigenvalue weighted by Crippen LogP contribution is 2.15. The van der Waals surface area contributed by atoms with E-state index in [0.29, 0.717) is 12.3 Å². The van der Waals surface area contributed by atoms with Crippen molar-refractivity contribution in [2.24, 2.45) is 0 Å². The Morgan fingerprint density at radius 2 is 2.22 bits per heavy atom. The zero-order valence-corrected chi connectivity index (χ0v) is 10.7. The summed E-state index contributed by atoms with van der Waals surface area (Å²) < 4.78 is 12.4. The van der Waals surface area contributed by atoms with Crippen LogP contribution >= 0.6 is 0 Å². The number of carbonyl (C=O) groups excluding carboxylic acids is 1. The first-order chi connectivity index (χ1) is 8.44. The fraction of sp³-hybridized carbons (Fsp3) is 0.385. The molecule has 0 amide bonds. The van der Waals surface area contributed by atoms with Gasteiger partial charge in [-0.15, -0.1) is 0 Å². The van der Waals surface area contributed by atoms with Gasteiger partial charge in [0.1, 0.15) is 11.4 Å². The van der Waals surface area contributed by atoms with Gasteiger partial charge in [-0.2, -0.15) is 5.10 Å². The first kappa shape index (κ1) is 12.4. The first-order valence-corrected chi connectivity index (χ1v) is 5.73. The summed E-state index contributed by atoms with van der Waals surface area (Å²) in [6, 6.07) is 5.20. The number of furan rings is 1. The molecule has 0 N–H and O–H groups in total. The third-order valence-corrected chi connectivity index (χ3v) is 2.14. The van der Waals surface area contributed by atoms with E-state index < -0.39 is 11.6 Å². The molecule has 2 aromatic rings. The minimum Gasteiger partial charge on any atom is -0.454 e. The summed E-state index contributed by atoms with van der Waals surface area (Å²) in [4.78, 5) is 11.7. The van der Waals surface area contributed by atoms with E-state index in [9.17, 15) is 4.79 Å². The minimum atomic E-state index is -0.522. The van der Waals surface area contributed by atoms with Crippen LogP contribution in [0.4, 0.5) is 0 Å². The number of carbonyl (C=O) groups is 1. The lowest BCUT2D eigenvalue weighted by atomic mass is 10.2. The predicted octanol–water partition coefficient (Wildman–Crippen LogP) is 2.48. The van der Waals surface area contributed by atoms with Gasteiger partial charge in [-0.3, -0.25) is 4.68 Å². The summed E-state index contributed by atoms with van der Waals surface area (Å²) in [6.45, 7) is 5.95. The Hall–Kier alpha value is -2.04. The smallest absolute Gasteiger partial charge is 0.374 e. The second-order valence-corrected chi connectivity index (χ2v) is 4.97. The molecule has 0 aliphatic carbocycles. The average Bonchev–Trinajstić information content (AvgIpc) is 2.86. The Labute approximate surface area is 105 Å². The minimum absolute atomic E-state index is 0.215. The summed E-state index contributed by atoms with van der Waals surface area (Å²) in [5.41, 5.74) is -0.522. The molecule has 2 aromatic heterocycles. The van der Waals surface area contributed by atoms with Crippen molar-refractivity contribution in [2.75, 3.05) is 0 Å². The summed E-state index contributed by atoms with van der Waals surface area (Å²) in [6.07, 6.45) is 3.52. The molecule has 5 heteroatoms. The van der Waals surface area contributed by atoms with E-state index in [-0.39, 0.29) is 5.76 Å². The topological polar surface area (TPSA) is 57.3 Å². The Morgan fingerprint density at radius 1 is 1.44 bits per heavy atom. The van der Waals surface area contributed by atoms with Crippen LogP contribution in [0, 0.1) is 0 Å². The zero-order chi connectivity index (χ0) is 13.2. The van der Waals surface area contributed by atoms with Gasteiger partial charge in [0, 0.05) is 12.4 Å². The van der Waals surface area contributed by atoms with E-state index in [1.807, 2.05) is 33.0 Å². The van der Waals surface area contributed by atoms with Crippen LogP contribution in [0.15, 0.2) is 35.0 Å². The van der Waals surface area contributed by atoms with Crippen molar-refractivity contribution in [3.63, 3.8) is 0 Å². The fourth-order valence-corrected chi connectivity index (χ4v) is 1.45. The Morgan fingerprint density at radius 3 is 2.83 bits per heavy atom. The molecule has 0 aromatic carbocycles. The Bertz CT molecular complexity index is 521. The third-order valence-electron chi connectivity index (χ3n) is 2.14. The van der Waals surface area contributed by atoms with Gasteiger partial charge in [0.15, 0.2) is 0 Å². The van der Waals surface area contributed by atoms with Gasteiger partial charge in [-0.25, -0.2) is 4.79 Å². The molecular formula is C13H16N2O3. The summed E-state index contributed by atoms with van der Waals surface area (Å²) >= 11 is 0. The van der Waals surface area contributed by atoms with Crippen LogP contribution in [-0.4, -0.2) is 21.4 Å². The molecule has 0 aliphatic heterocycles. The van der Waals surface area contributed by atoms with Gasteiger partial charge < -0.3 is 9.15 Å². The molecule has 0 bridgehead atoms. The van der Waals surface area contributed by atoms with Crippen molar-refractivity contribution >= 4 is 5.97 Å². The molecule has 0 aliphatic rings. The maximum Gasteiger partial charge on any atom is 0.374 e. The molecule has 0 spiro atoms. The van der Waals surface area contributed by atoms with Gasteiger partial charge in [0.25, 0.3) is 0 Å². The SMILES string of the molecule is CC(C)(C)OC(=O)c1ccc(Cn2cccn2)o1. The number of nitrogens with zero attached hydrogens (tertiary/aromatic N) is 2. The lowest BCUT2D eigenvalue weighted by molar-refractivity contribution is 0.00342. The van der Waals surface area contributed by atoms with Gasteiger partial charge in [-0.1, -0.05) is 0 Å². The van der Waals surface area contributed by atoms with Crippen LogP contribution in [0.2, 0.25) is 0 Å². The lowest BCUT2D eigenvalue weighted by Gasteiger charge is -2.18. The normalized spacial score (nSPS) is 11.5. The van der Waals surface area contributed by atoms with Crippen LogP contribution in [0.25, 0.3) is 0 Å². The summed E-state index contributed by atoms with van der Waals surface area (Å²) in [5, 5.41) is 4.07. The Balaban J connectivity index is 2.04. The lowest BCUT2D eigenvalue weighted by Crippen LogP contribution is -2.23. The van der Waals surface area contributed by atoms with Crippen molar-refractivity contribution in [3.05, 3.63) is 42.1 Å². The van der Waals surface area contributed by atoms with E-state index in [1.165, 1.54) is 0 Å². The average molecular weight is 248 g/mol. The van der Waals surface area contributed by atoms with Crippen molar-refractivity contribution in [3.8, 4) is 0 Å². The molecule has 5 nitrogen and oxygen atoms in total. The van der Waals surface area contributed by atoms with Crippen molar-refractivity contribution in [1.82, 2.24) is 9.78 Å². The van der Waals surface area contributed by atoms with Crippen LogP contribution in [0.5, 0.6) is 0 Å². The molecule has 0 atom stereocenters. The van der Waals surface area contributed by atoms with E-state index in [1.54, 1.807) is 23.0 Å². The number of rotatable bonds is 3. The van der Waals surface area contributed by atoms with Crippen molar-refractivity contribution < 1.29 is 13.9 Å². The molecule has 18 heavy (non-hydrogen) atoms. The number of hydrogen-bond donors (Lipinski definition) is 0.